The Balaban J connectivity index is 1.53. The largest absolute Gasteiger partial charge is 0.467 e. The molecule has 0 aliphatic carbocycles. The summed E-state index contributed by atoms with van der Waals surface area (Å²) in [4.78, 5) is 14.7. The van der Waals surface area contributed by atoms with Crippen molar-refractivity contribution in [3.63, 3.8) is 0 Å². The molecular formula is C16H25N3O3S. The molecule has 1 aromatic rings. The van der Waals surface area contributed by atoms with E-state index in [0.29, 0.717) is 6.54 Å². The summed E-state index contributed by atoms with van der Waals surface area (Å²) in [5, 5.41) is 6.00. The molecule has 3 heterocycles. The van der Waals surface area contributed by atoms with Crippen LogP contribution >= 0.6 is 11.8 Å². The number of hydrogen-bond donors (Lipinski definition) is 2. The van der Waals surface area contributed by atoms with Crippen molar-refractivity contribution in [2.45, 2.75) is 24.9 Å². The van der Waals surface area contributed by atoms with Crippen molar-refractivity contribution in [2.75, 3.05) is 44.4 Å². The number of carbonyl (C=O) groups is 1. The van der Waals surface area contributed by atoms with E-state index in [1.807, 2.05) is 30.8 Å². The zero-order valence-corrected chi connectivity index (χ0v) is 14.4. The van der Waals surface area contributed by atoms with E-state index in [9.17, 15) is 4.79 Å². The molecule has 2 amide bonds. The third kappa shape index (κ3) is 4.02. The lowest BCUT2D eigenvalue weighted by Gasteiger charge is -2.43. The summed E-state index contributed by atoms with van der Waals surface area (Å²) in [7, 11) is 0. The minimum atomic E-state index is -0.140. The first-order valence-electron chi connectivity index (χ1n) is 8.18. The molecule has 0 saturated carbocycles. The van der Waals surface area contributed by atoms with E-state index in [4.69, 9.17) is 9.15 Å². The minimum Gasteiger partial charge on any atom is -0.467 e. The van der Waals surface area contributed by atoms with Crippen molar-refractivity contribution in [3.05, 3.63) is 24.2 Å². The van der Waals surface area contributed by atoms with Crippen LogP contribution < -0.4 is 10.6 Å². The Hall–Kier alpha value is -1.18. The molecule has 23 heavy (non-hydrogen) atoms. The number of thioether (sulfide) groups is 1. The van der Waals surface area contributed by atoms with Crippen molar-refractivity contribution in [1.82, 2.24) is 15.5 Å². The van der Waals surface area contributed by atoms with E-state index in [1.165, 1.54) is 0 Å². The van der Waals surface area contributed by atoms with E-state index in [-0.39, 0.29) is 17.6 Å². The fraction of sp³-hybridized carbons (Fsp3) is 0.688. The van der Waals surface area contributed by atoms with Crippen LogP contribution in [-0.4, -0.2) is 60.8 Å². The average Bonchev–Trinajstić information content (AvgIpc) is 3.26. The number of carbonyl (C=O) groups excluding carboxylic acids is 1. The fourth-order valence-electron chi connectivity index (χ4n) is 3.24. The van der Waals surface area contributed by atoms with Crippen molar-refractivity contribution in [1.29, 1.82) is 0 Å². The highest BCUT2D eigenvalue weighted by Crippen LogP contribution is 2.33. The van der Waals surface area contributed by atoms with Crippen molar-refractivity contribution in [3.8, 4) is 0 Å². The molecule has 0 bridgehead atoms. The summed E-state index contributed by atoms with van der Waals surface area (Å²) in [6, 6.07) is 3.42. The number of amides is 2. The van der Waals surface area contributed by atoms with Crippen molar-refractivity contribution >= 4 is 17.8 Å². The minimum absolute atomic E-state index is 0.0692. The Labute approximate surface area is 141 Å². The van der Waals surface area contributed by atoms with Gasteiger partial charge in [0, 0.05) is 30.9 Å². The van der Waals surface area contributed by atoms with Gasteiger partial charge in [0.1, 0.15) is 5.76 Å². The van der Waals surface area contributed by atoms with Crippen molar-refractivity contribution in [2.24, 2.45) is 0 Å². The lowest BCUT2D eigenvalue weighted by Crippen LogP contribution is -2.59. The molecule has 0 radical (unpaired) electrons. The fourth-order valence-corrected chi connectivity index (χ4v) is 4.71. The standard InChI is InChI=1S/C16H25N3O3S/c1-13(14-3-2-7-22-14)18-15(20)17-11-16(4-10-23-12-16)19-5-8-21-9-6-19/h2-3,7,13H,4-6,8-12H2,1H3,(H2,17,18,20)/t13-,16-/m1/s1. The molecule has 2 N–H and O–H groups in total. The summed E-state index contributed by atoms with van der Waals surface area (Å²) < 4.78 is 10.8. The molecular weight excluding hydrogens is 314 g/mol. The topological polar surface area (TPSA) is 66.7 Å². The maximum Gasteiger partial charge on any atom is 0.315 e. The normalized spacial score (nSPS) is 26.8. The van der Waals surface area contributed by atoms with E-state index in [0.717, 1.165) is 50.0 Å². The summed E-state index contributed by atoms with van der Waals surface area (Å²) in [6.07, 6.45) is 2.74. The third-order valence-electron chi connectivity index (χ3n) is 4.66. The SMILES string of the molecule is C[C@@H](NC(=O)NC[C@]1(N2CCOCC2)CCSC1)c1ccco1. The highest BCUT2D eigenvalue weighted by Gasteiger charge is 2.40. The van der Waals surface area contributed by atoms with Gasteiger partial charge in [-0.2, -0.15) is 11.8 Å². The molecule has 7 heteroatoms. The molecule has 0 unspecified atom stereocenters. The molecule has 2 aliphatic rings. The van der Waals surface area contributed by atoms with Crippen LogP contribution in [0.3, 0.4) is 0 Å². The van der Waals surface area contributed by atoms with Gasteiger partial charge in [0.2, 0.25) is 0 Å². The van der Waals surface area contributed by atoms with E-state index < -0.39 is 0 Å². The number of ether oxygens (including phenoxy) is 1. The number of hydrogen-bond acceptors (Lipinski definition) is 5. The smallest absolute Gasteiger partial charge is 0.315 e. The van der Waals surface area contributed by atoms with Gasteiger partial charge in [-0.3, -0.25) is 4.90 Å². The van der Waals surface area contributed by atoms with Crippen LogP contribution in [0.15, 0.2) is 22.8 Å². The molecule has 3 rings (SSSR count). The zero-order valence-electron chi connectivity index (χ0n) is 13.5. The maximum atomic E-state index is 12.2. The van der Waals surface area contributed by atoms with Gasteiger partial charge < -0.3 is 19.8 Å². The number of nitrogens with one attached hydrogen (secondary N) is 2. The lowest BCUT2D eigenvalue weighted by atomic mass is 9.95. The number of furan rings is 1. The monoisotopic (exact) mass is 339 g/mol. The Kier molecular flexibility index (Phi) is 5.50. The Morgan fingerprint density at radius 3 is 2.96 bits per heavy atom. The maximum absolute atomic E-state index is 12.2. The molecule has 1 aromatic heterocycles. The van der Waals surface area contributed by atoms with E-state index in [1.54, 1.807) is 6.26 Å². The van der Waals surface area contributed by atoms with Crippen LogP contribution in [0.25, 0.3) is 0 Å². The second kappa shape index (κ2) is 7.59. The molecule has 2 aliphatic heterocycles. The van der Waals surface area contributed by atoms with Gasteiger partial charge in [-0.15, -0.1) is 0 Å². The third-order valence-corrected chi connectivity index (χ3v) is 5.89. The van der Waals surface area contributed by atoms with E-state index >= 15 is 0 Å². The van der Waals surface area contributed by atoms with Crippen LogP contribution in [0.2, 0.25) is 0 Å². The first kappa shape index (κ1) is 16.7. The second-order valence-corrected chi connectivity index (χ2v) is 7.30. The highest BCUT2D eigenvalue weighted by molar-refractivity contribution is 7.99. The molecule has 2 saturated heterocycles. The first-order valence-corrected chi connectivity index (χ1v) is 9.33. The van der Waals surface area contributed by atoms with Crippen LogP contribution in [0.4, 0.5) is 4.79 Å². The predicted octanol–water partition coefficient (Wildman–Crippen LogP) is 1.85. The van der Waals surface area contributed by atoms with Gasteiger partial charge >= 0.3 is 6.03 Å². The highest BCUT2D eigenvalue weighted by atomic mass is 32.2. The van der Waals surface area contributed by atoms with Crippen molar-refractivity contribution < 1.29 is 13.9 Å². The van der Waals surface area contributed by atoms with Gasteiger partial charge in [-0.05, 0) is 31.2 Å². The lowest BCUT2D eigenvalue weighted by molar-refractivity contribution is -0.0124. The summed E-state index contributed by atoms with van der Waals surface area (Å²) >= 11 is 1.97. The molecule has 128 valence electrons. The number of nitrogens with zero attached hydrogens (tertiary/aromatic N) is 1. The summed E-state index contributed by atoms with van der Waals surface area (Å²) in [6.45, 7) is 6.07. The quantitative estimate of drug-likeness (QED) is 0.857. The Bertz CT molecular complexity index is 497. The molecule has 0 spiro atoms. The molecule has 0 aromatic carbocycles. The average molecular weight is 339 g/mol. The van der Waals surface area contributed by atoms with Crippen LogP contribution in [0.1, 0.15) is 25.1 Å². The van der Waals surface area contributed by atoms with Gasteiger partial charge in [0.05, 0.1) is 25.5 Å². The van der Waals surface area contributed by atoms with Crippen LogP contribution in [0.5, 0.6) is 0 Å². The van der Waals surface area contributed by atoms with Gasteiger partial charge in [-0.25, -0.2) is 4.79 Å². The molecule has 2 fully saturated rings. The number of urea groups is 1. The summed E-state index contributed by atoms with van der Waals surface area (Å²) in [5.74, 6) is 2.99. The van der Waals surface area contributed by atoms with Gasteiger partial charge in [0.15, 0.2) is 0 Å². The Morgan fingerprint density at radius 1 is 1.48 bits per heavy atom. The Morgan fingerprint density at radius 2 is 2.30 bits per heavy atom. The molecule has 2 atom stereocenters. The number of rotatable bonds is 5. The second-order valence-electron chi connectivity index (χ2n) is 6.19. The van der Waals surface area contributed by atoms with Gasteiger partial charge in [-0.1, -0.05) is 0 Å². The predicted molar refractivity (Wildman–Crippen MR) is 90.7 cm³/mol. The van der Waals surface area contributed by atoms with Crippen LogP contribution in [0, 0.1) is 0 Å². The van der Waals surface area contributed by atoms with E-state index in [2.05, 4.69) is 15.5 Å². The first-order chi connectivity index (χ1) is 11.2. The van der Waals surface area contributed by atoms with Gasteiger partial charge in [0.25, 0.3) is 0 Å². The molecule has 6 nitrogen and oxygen atoms in total. The number of morpholine rings is 1. The van der Waals surface area contributed by atoms with Crippen LogP contribution in [-0.2, 0) is 4.74 Å². The zero-order chi connectivity index (χ0) is 16.1. The summed E-state index contributed by atoms with van der Waals surface area (Å²) in [5.41, 5.74) is 0.0692.